The number of hydrazone groups is 1. The van der Waals surface area contributed by atoms with Crippen LogP contribution in [0.3, 0.4) is 0 Å². The van der Waals surface area contributed by atoms with Crippen molar-refractivity contribution in [1.82, 2.24) is 5.43 Å². The molecule has 0 spiro atoms. The summed E-state index contributed by atoms with van der Waals surface area (Å²) in [4.78, 5) is 32.6. The van der Waals surface area contributed by atoms with E-state index in [-0.39, 0.29) is 5.91 Å². The largest absolute Gasteiger partial charge is 0.481 e. The number of carboxylic acids is 1. The Morgan fingerprint density at radius 3 is 2.50 bits per heavy atom. The molecule has 0 aromatic heterocycles. The molecule has 1 aromatic carbocycles. The number of rotatable bonds is 4. The molecule has 1 aromatic rings. The molecule has 1 aliphatic heterocycles. The number of hydrogen-bond donors (Lipinski definition) is 3. The highest BCUT2D eigenvalue weighted by Crippen LogP contribution is 2.14. The summed E-state index contributed by atoms with van der Waals surface area (Å²) in [5.74, 6) is -1.86. The number of amides is 2. The highest BCUT2D eigenvalue weighted by molar-refractivity contribution is 6.05. The van der Waals surface area contributed by atoms with E-state index in [4.69, 9.17) is 5.11 Å². The standard InChI is InChI=1S/C13H13N3O4/c17-11-6-5-10(15-16-11)8-1-3-9(4-2-8)14-12(18)7-13(19)20/h1-4H,5-7H2,(H,14,18)(H,16,17)(H,19,20). The fraction of sp³-hybridized carbons (Fsp3) is 0.231. The molecule has 7 nitrogen and oxygen atoms in total. The molecule has 1 heterocycles. The van der Waals surface area contributed by atoms with Crippen molar-refractivity contribution < 1.29 is 19.5 Å². The predicted octanol–water partition coefficient (Wildman–Crippen LogP) is 0.714. The highest BCUT2D eigenvalue weighted by Gasteiger charge is 2.13. The molecule has 0 bridgehead atoms. The Hall–Kier alpha value is -2.70. The predicted molar refractivity (Wildman–Crippen MR) is 71.2 cm³/mol. The molecule has 7 heteroatoms. The minimum atomic E-state index is -1.17. The number of anilines is 1. The lowest BCUT2D eigenvalue weighted by Crippen LogP contribution is -2.25. The summed E-state index contributed by atoms with van der Waals surface area (Å²) in [6.45, 7) is 0. The van der Waals surface area contributed by atoms with Crippen molar-refractivity contribution in [2.24, 2.45) is 5.10 Å². The maximum atomic E-state index is 11.3. The summed E-state index contributed by atoms with van der Waals surface area (Å²) in [6.07, 6.45) is 0.396. The van der Waals surface area contributed by atoms with E-state index in [9.17, 15) is 14.4 Å². The van der Waals surface area contributed by atoms with E-state index in [1.54, 1.807) is 24.3 Å². The van der Waals surface area contributed by atoms with Crippen LogP contribution in [-0.4, -0.2) is 28.6 Å². The lowest BCUT2D eigenvalue weighted by Gasteiger charge is -2.12. The van der Waals surface area contributed by atoms with E-state index in [1.807, 2.05) is 0 Å². The average molecular weight is 275 g/mol. The topological polar surface area (TPSA) is 108 Å². The minimum Gasteiger partial charge on any atom is -0.481 e. The quantitative estimate of drug-likeness (QED) is 0.703. The maximum Gasteiger partial charge on any atom is 0.312 e. The molecule has 1 aliphatic rings. The third-order valence-electron chi connectivity index (χ3n) is 2.72. The van der Waals surface area contributed by atoms with Crippen molar-refractivity contribution in [2.45, 2.75) is 19.3 Å². The fourth-order valence-corrected chi connectivity index (χ4v) is 1.77. The lowest BCUT2D eigenvalue weighted by atomic mass is 10.0. The Bertz CT molecular complexity index is 578. The number of nitrogens with zero attached hydrogens (tertiary/aromatic N) is 1. The zero-order valence-electron chi connectivity index (χ0n) is 10.5. The van der Waals surface area contributed by atoms with Crippen LogP contribution in [0.5, 0.6) is 0 Å². The molecule has 0 radical (unpaired) electrons. The van der Waals surface area contributed by atoms with Crippen LogP contribution in [0.2, 0.25) is 0 Å². The van der Waals surface area contributed by atoms with Gasteiger partial charge in [-0.05, 0) is 17.7 Å². The summed E-state index contributed by atoms with van der Waals surface area (Å²) in [5.41, 5.74) is 4.55. The summed E-state index contributed by atoms with van der Waals surface area (Å²) >= 11 is 0. The molecule has 0 atom stereocenters. The summed E-state index contributed by atoms with van der Waals surface area (Å²) in [6, 6.07) is 6.83. The maximum absolute atomic E-state index is 11.3. The Morgan fingerprint density at radius 2 is 1.95 bits per heavy atom. The van der Waals surface area contributed by atoms with E-state index >= 15 is 0 Å². The summed E-state index contributed by atoms with van der Waals surface area (Å²) < 4.78 is 0. The van der Waals surface area contributed by atoms with Crippen molar-refractivity contribution in [3.8, 4) is 0 Å². The first-order valence-electron chi connectivity index (χ1n) is 6.02. The van der Waals surface area contributed by atoms with E-state index in [0.717, 1.165) is 11.3 Å². The van der Waals surface area contributed by atoms with Gasteiger partial charge in [-0.3, -0.25) is 14.4 Å². The zero-order valence-corrected chi connectivity index (χ0v) is 10.5. The van der Waals surface area contributed by atoms with Crippen LogP contribution in [0, 0.1) is 0 Å². The molecule has 0 unspecified atom stereocenters. The Balaban J connectivity index is 2.01. The van der Waals surface area contributed by atoms with Crippen LogP contribution < -0.4 is 10.7 Å². The number of benzene rings is 1. The van der Waals surface area contributed by atoms with Crippen molar-refractivity contribution in [2.75, 3.05) is 5.32 Å². The van der Waals surface area contributed by atoms with Crippen LogP contribution in [0.25, 0.3) is 0 Å². The smallest absolute Gasteiger partial charge is 0.312 e. The van der Waals surface area contributed by atoms with Crippen molar-refractivity contribution in [1.29, 1.82) is 0 Å². The van der Waals surface area contributed by atoms with E-state index < -0.39 is 18.3 Å². The third-order valence-corrected chi connectivity index (χ3v) is 2.72. The van der Waals surface area contributed by atoms with Gasteiger partial charge < -0.3 is 10.4 Å². The number of carboxylic acid groups (broad SMARTS) is 1. The molecule has 20 heavy (non-hydrogen) atoms. The van der Waals surface area contributed by atoms with Gasteiger partial charge in [0.2, 0.25) is 11.8 Å². The zero-order chi connectivity index (χ0) is 14.5. The second-order valence-electron chi connectivity index (χ2n) is 4.29. The van der Waals surface area contributed by atoms with Gasteiger partial charge >= 0.3 is 5.97 Å². The second-order valence-corrected chi connectivity index (χ2v) is 4.29. The first-order valence-corrected chi connectivity index (χ1v) is 6.02. The van der Waals surface area contributed by atoms with Crippen LogP contribution >= 0.6 is 0 Å². The van der Waals surface area contributed by atoms with Gasteiger partial charge in [0.05, 0.1) is 5.71 Å². The van der Waals surface area contributed by atoms with E-state index in [2.05, 4.69) is 15.8 Å². The molecule has 0 saturated carbocycles. The van der Waals surface area contributed by atoms with Crippen LogP contribution in [0.1, 0.15) is 24.8 Å². The highest BCUT2D eigenvalue weighted by atomic mass is 16.4. The Labute approximate surface area is 114 Å². The van der Waals surface area contributed by atoms with E-state index in [1.165, 1.54) is 0 Å². The first kappa shape index (κ1) is 13.7. The van der Waals surface area contributed by atoms with Crippen molar-refractivity contribution in [3.63, 3.8) is 0 Å². The van der Waals surface area contributed by atoms with Gasteiger partial charge in [-0.25, -0.2) is 5.43 Å². The van der Waals surface area contributed by atoms with Gasteiger partial charge in [0.15, 0.2) is 0 Å². The SMILES string of the molecule is O=C(O)CC(=O)Nc1ccc(C2=NNC(=O)CC2)cc1. The van der Waals surface area contributed by atoms with Crippen LogP contribution in [-0.2, 0) is 14.4 Å². The van der Waals surface area contributed by atoms with Crippen molar-refractivity contribution >= 4 is 29.2 Å². The lowest BCUT2D eigenvalue weighted by molar-refractivity contribution is -0.139. The fourth-order valence-electron chi connectivity index (χ4n) is 1.77. The molecule has 0 saturated heterocycles. The van der Waals surface area contributed by atoms with Gasteiger partial charge in [0.1, 0.15) is 6.42 Å². The monoisotopic (exact) mass is 275 g/mol. The first-order chi connectivity index (χ1) is 9.54. The number of nitrogens with one attached hydrogen (secondary N) is 2. The Kier molecular flexibility index (Phi) is 4.09. The minimum absolute atomic E-state index is 0.105. The normalized spacial score (nSPS) is 14.2. The van der Waals surface area contributed by atoms with Crippen molar-refractivity contribution in [3.05, 3.63) is 29.8 Å². The number of carbonyl (C=O) groups is 3. The van der Waals surface area contributed by atoms with Gasteiger partial charge in [-0.1, -0.05) is 12.1 Å². The molecule has 0 aliphatic carbocycles. The molecule has 104 valence electrons. The van der Waals surface area contributed by atoms with Gasteiger partial charge in [0, 0.05) is 18.5 Å². The Morgan fingerprint density at radius 1 is 1.25 bits per heavy atom. The molecular formula is C13H13N3O4. The number of aliphatic carboxylic acids is 1. The summed E-state index contributed by atoms with van der Waals surface area (Å²) in [7, 11) is 0. The molecular weight excluding hydrogens is 262 g/mol. The average Bonchev–Trinajstić information content (AvgIpc) is 2.39. The number of hydrogen-bond acceptors (Lipinski definition) is 4. The van der Waals surface area contributed by atoms with Gasteiger partial charge in [0.25, 0.3) is 0 Å². The van der Waals surface area contributed by atoms with Gasteiger partial charge in [-0.15, -0.1) is 0 Å². The van der Waals surface area contributed by atoms with Crippen LogP contribution in [0.15, 0.2) is 29.4 Å². The van der Waals surface area contributed by atoms with Gasteiger partial charge in [-0.2, -0.15) is 5.10 Å². The van der Waals surface area contributed by atoms with E-state index in [0.29, 0.717) is 18.5 Å². The molecule has 3 N–H and O–H groups in total. The third kappa shape index (κ3) is 3.64. The molecule has 2 amide bonds. The molecule has 2 rings (SSSR count). The molecule has 0 fully saturated rings. The van der Waals surface area contributed by atoms with Crippen LogP contribution in [0.4, 0.5) is 5.69 Å². The second kappa shape index (κ2) is 5.96. The number of carbonyl (C=O) groups excluding carboxylic acids is 2. The summed E-state index contributed by atoms with van der Waals surface area (Å²) in [5, 5.41) is 14.9.